The molecule has 0 bridgehead atoms. The molecular formula is C16H22FN5O2. The molecule has 0 saturated heterocycles. The summed E-state index contributed by atoms with van der Waals surface area (Å²) in [5, 5.41) is 23.3. The van der Waals surface area contributed by atoms with Crippen molar-refractivity contribution in [3.8, 4) is 0 Å². The second kappa shape index (κ2) is 7.96. The molecule has 24 heavy (non-hydrogen) atoms. The number of carbonyl (C=O) groups is 1. The van der Waals surface area contributed by atoms with Crippen LogP contribution in [0.15, 0.2) is 18.2 Å². The Bertz CT molecular complexity index is 675. The molecule has 7 nitrogen and oxygen atoms in total. The molecule has 0 amide bonds. The van der Waals surface area contributed by atoms with E-state index >= 15 is 0 Å². The summed E-state index contributed by atoms with van der Waals surface area (Å²) in [5.41, 5.74) is 6.58. The Morgan fingerprint density at radius 3 is 2.67 bits per heavy atom. The average molecular weight is 335 g/mol. The molecule has 1 aromatic carbocycles. The van der Waals surface area contributed by atoms with Crippen LogP contribution in [0.3, 0.4) is 0 Å². The molecule has 0 fully saturated rings. The molecular weight excluding hydrogens is 313 g/mol. The van der Waals surface area contributed by atoms with Gasteiger partial charge in [0.15, 0.2) is 5.82 Å². The first-order valence-electron chi connectivity index (χ1n) is 7.86. The maximum Gasteiger partial charge on any atom is 0.307 e. The predicted octanol–water partition coefficient (Wildman–Crippen LogP) is 1.87. The number of tetrazole rings is 1. The number of rotatable bonds is 8. The van der Waals surface area contributed by atoms with Gasteiger partial charge in [-0.25, -0.2) is 9.49 Å². The van der Waals surface area contributed by atoms with Gasteiger partial charge in [-0.2, -0.15) is 0 Å². The van der Waals surface area contributed by atoms with E-state index in [0.29, 0.717) is 29.8 Å². The van der Waals surface area contributed by atoms with Crippen molar-refractivity contribution in [1.82, 2.24) is 20.6 Å². The fourth-order valence-electron chi connectivity index (χ4n) is 2.84. The van der Waals surface area contributed by atoms with Crippen LogP contribution in [0.25, 0.3) is 0 Å². The van der Waals surface area contributed by atoms with Gasteiger partial charge in [0, 0.05) is 18.0 Å². The van der Waals surface area contributed by atoms with Crippen LogP contribution < -0.4 is 5.73 Å². The molecule has 4 N–H and O–H groups in total. The van der Waals surface area contributed by atoms with Crippen molar-refractivity contribution in [1.29, 1.82) is 0 Å². The lowest BCUT2D eigenvalue weighted by Crippen LogP contribution is -2.26. The third-order valence-electron chi connectivity index (χ3n) is 4.03. The Hall–Kier alpha value is -2.35. The number of halogens is 1. The van der Waals surface area contributed by atoms with Gasteiger partial charge in [0.1, 0.15) is 5.82 Å². The number of aromatic nitrogens is 4. The van der Waals surface area contributed by atoms with Crippen molar-refractivity contribution in [3.63, 3.8) is 0 Å². The number of hydrogen-bond acceptors (Lipinski definition) is 5. The molecule has 0 aliphatic heterocycles. The van der Waals surface area contributed by atoms with E-state index in [-0.39, 0.29) is 18.3 Å². The van der Waals surface area contributed by atoms with Crippen molar-refractivity contribution in [2.75, 3.05) is 0 Å². The molecule has 0 spiro atoms. The average Bonchev–Trinajstić information content (AvgIpc) is 3.04. The molecule has 2 aromatic rings. The van der Waals surface area contributed by atoms with E-state index in [0.717, 1.165) is 0 Å². The minimum absolute atomic E-state index is 0.118. The van der Waals surface area contributed by atoms with Crippen LogP contribution in [-0.4, -0.2) is 31.7 Å². The standard InChI is InChI=1S/C16H22FN5O2/c1-9(2)5-13(16(23)24)12(15-19-21-22-20-15)6-10-3-4-11(8-18)14(17)7-10/h3-4,7,9,12-13H,5-6,8,18H2,1-2H3,(H,23,24)(H,19,20,21,22)/t12-,13-/m0/s1. The number of nitrogens with two attached hydrogens (primary N) is 1. The number of nitrogens with one attached hydrogen (secondary N) is 1. The lowest BCUT2D eigenvalue weighted by atomic mass is 9.81. The van der Waals surface area contributed by atoms with Crippen LogP contribution in [0.2, 0.25) is 0 Å². The van der Waals surface area contributed by atoms with Gasteiger partial charge in [-0.1, -0.05) is 26.0 Å². The highest BCUT2D eigenvalue weighted by Crippen LogP contribution is 2.31. The van der Waals surface area contributed by atoms with E-state index in [1.54, 1.807) is 12.1 Å². The van der Waals surface area contributed by atoms with Gasteiger partial charge in [0.05, 0.1) is 5.92 Å². The Labute approximate surface area is 139 Å². The molecule has 0 aliphatic rings. The monoisotopic (exact) mass is 335 g/mol. The lowest BCUT2D eigenvalue weighted by molar-refractivity contribution is -0.143. The van der Waals surface area contributed by atoms with Crippen LogP contribution in [0.4, 0.5) is 4.39 Å². The quantitative estimate of drug-likeness (QED) is 0.678. The second-order valence-electron chi connectivity index (χ2n) is 6.30. The smallest absolute Gasteiger partial charge is 0.307 e. The number of carboxylic acid groups (broad SMARTS) is 1. The highest BCUT2D eigenvalue weighted by molar-refractivity contribution is 5.71. The highest BCUT2D eigenvalue weighted by atomic mass is 19.1. The Morgan fingerprint density at radius 2 is 2.17 bits per heavy atom. The Kier molecular flexibility index (Phi) is 5.97. The highest BCUT2D eigenvalue weighted by Gasteiger charge is 2.32. The van der Waals surface area contributed by atoms with Gasteiger partial charge in [-0.3, -0.25) is 4.79 Å². The van der Waals surface area contributed by atoms with E-state index in [2.05, 4.69) is 20.6 Å². The van der Waals surface area contributed by atoms with Crippen LogP contribution in [0, 0.1) is 17.7 Å². The molecule has 0 aliphatic carbocycles. The van der Waals surface area contributed by atoms with Crippen molar-refractivity contribution in [2.24, 2.45) is 17.6 Å². The molecule has 2 rings (SSSR count). The first kappa shape index (κ1) is 18.0. The topological polar surface area (TPSA) is 118 Å². The van der Waals surface area contributed by atoms with Crippen LogP contribution in [0.5, 0.6) is 0 Å². The SMILES string of the molecule is CC(C)C[C@H](C(=O)O)[C@H](Cc1ccc(CN)c(F)c1)c1nnn[nH]1. The van der Waals surface area contributed by atoms with Gasteiger partial charge >= 0.3 is 5.97 Å². The van der Waals surface area contributed by atoms with Gasteiger partial charge in [-0.05, 0) is 40.8 Å². The van der Waals surface area contributed by atoms with Gasteiger partial charge in [-0.15, -0.1) is 5.10 Å². The van der Waals surface area contributed by atoms with Gasteiger partial charge < -0.3 is 10.8 Å². The zero-order valence-corrected chi connectivity index (χ0v) is 13.7. The van der Waals surface area contributed by atoms with Crippen molar-refractivity contribution in [2.45, 2.75) is 39.2 Å². The van der Waals surface area contributed by atoms with Crippen LogP contribution >= 0.6 is 0 Å². The summed E-state index contributed by atoms with van der Waals surface area (Å²) in [6.45, 7) is 4.04. The maximum atomic E-state index is 14.0. The van der Waals surface area contributed by atoms with Crippen molar-refractivity contribution in [3.05, 3.63) is 41.0 Å². The predicted molar refractivity (Wildman–Crippen MR) is 85.5 cm³/mol. The molecule has 130 valence electrons. The van der Waals surface area contributed by atoms with Gasteiger partial charge in [0.25, 0.3) is 0 Å². The molecule has 8 heteroatoms. The number of carboxylic acids is 1. The minimum Gasteiger partial charge on any atom is -0.481 e. The molecule has 0 saturated carbocycles. The van der Waals surface area contributed by atoms with Crippen molar-refractivity contribution >= 4 is 5.97 Å². The zero-order valence-electron chi connectivity index (χ0n) is 13.7. The first-order chi connectivity index (χ1) is 11.4. The van der Waals surface area contributed by atoms with E-state index < -0.39 is 17.8 Å². The van der Waals surface area contributed by atoms with E-state index in [9.17, 15) is 14.3 Å². The van der Waals surface area contributed by atoms with Crippen LogP contribution in [0.1, 0.15) is 43.1 Å². The summed E-state index contributed by atoms with van der Waals surface area (Å²) in [6.07, 6.45) is 0.798. The summed E-state index contributed by atoms with van der Waals surface area (Å²) in [7, 11) is 0. The maximum absolute atomic E-state index is 14.0. The number of H-pyrrole nitrogens is 1. The third kappa shape index (κ3) is 4.35. The summed E-state index contributed by atoms with van der Waals surface area (Å²) in [5.74, 6) is -1.85. The fraction of sp³-hybridized carbons (Fsp3) is 0.500. The van der Waals surface area contributed by atoms with Crippen LogP contribution in [-0.2, 0) is 17.8 Å². The Balaban J connectivity index is 2.33. The molecule has 1 heterocycles. The van der Waals surface area contributed by atoms with Gasteiger partial charge in [0.2, 0.25) is 0 Å². The number of aromatic amines is 1. The minimum atomic E-state index is -0.913. The fourth-order valence-corrected chi connectivity index (χ4v) is 2.84. The molecule has 1 aromatic heterocycles. The molecule has 2 atom stereocenters. The molecule has 0 radical (unpaired) electrons. The number of nitrogens with zero attached hydrogens (tertiary/aromatic N) is 3. The third-order valence-corrected chi connectivity index (χ3v) is 4.03. The van der Waals surface area contributed by atoms with E-state index in [1.165, 1.54) is 6.07 Å². The second-order valence-corrected chi connectivity index (χ2v) is 6.30. The molecule has 0 unspecified atom stereocenters. The largest absolute Gasteiger partial charge is 0.481 e. The summed E-state index contributed by atoms with van der Waals surface area (Å²) < 4.78 is 14.0. The normalized spacial score (nSPS) is 13.9. The lowest BCUT2D eigenvalue weighted by Gasteiger charge is -2.23. The Morgan fingerprint density at radius 1 is 1.42 bits per heavy atom. The zero-order chi connectivity index (χ0) is 17.7. The number of hydrogen-bond donors (Lipinski definition) is 3. The van der Waals surface area contributed by atoms with Crippen molar-refractivity contribution < 1.29 is 14.3 Å². The summed E-state index contributed by atoms with van der Waals surface area (Å²) >= 11 is 0. The first-order valence-corrected chi connectivity index (χ1v) is 7.86. The number of benzene rings is 1. The van der Waals surface area contributed by atoms with E-state index in [1.807, 2.05) is 13.8 Å². The van der Waals surface area contributed by atoms with E-state index in [4.69, 9.17) is 5.73 Å². The summed E-state index contributed by atoms with van der Waals surface area (Å²) in [4.78, 5) is 11.8. The summed E-state index contributed by atoms with van der Waals surface area (Å²) in [6, 6.07) is 4.78. The number of aliphatic carboxylic acids is 1.